The van der Waals surface area contributed by atoms with E-state index in [9.17, 15) is 13.2 Å². The Hall–Kier alpha value is -1.30. The van der Waals surface area contributed by atoms with Crippen LogP contribution in [0.3, 0.4) is 0 Å². The monoisotopic (exact) mass is 192 g/mol. The van der Waals surface area contributed by atoms with Crippen molar-refractivity contribution < 1.29 is 17.9 Å². The van der Waals surface area contributed by atoms with Gasteiger partial charge in [0, 0.05) is 6.54 Å². The molecule has 0 bridgehead atoms. The van der Waals surface area contributed by atoms with Crippen LogP contribution in [0.1, 0.15) is 5.69 Å². The zero-order valence-electron chi connectivity index (χ0n) is 6.51. The number of hydrogen-bond acceptors (Lipinski definition) is 3. The average Bonchev–Trinajstić information content (AvgIpc) is 2.03. The van der Waals surface area contributed by atoms with E-state index in [1.165, 1.54) is 12.1 Å². The van der Waals surface area contributed by atoms with E-state index in [1.807, 2.05) is 0 Å². The van der Waals surface area contributed by atoms with Gasteiger partial charge < -0.3 is 10.5 Å². The van der Waals surface area contributed by atoms with E-state index >= 15 is 0 Å². The summed E-state index contributed by atoms with van der Waals surface area (Å²) >= 11 is 0. The Labute approximate surface area is 72.3 Å². The lowest BCUT2D eigenvalue weighted by molar-refractivity contribution is -0.274. The lowest BCUT2D eigenvalue weighted by Gasteiger charge is -2.07. The van der Waals surface area contributed by atoms with E-state index in [2.05, 4.69) is 9.72 Å². The number of pyridine rings is 1. The molecule has 13 heavy (non-hydrogen) atoms. The zero-order valence-corrected chi connectivity index (χ0v) is 6.51. The highest BCUT2D eigenvalue weighted by atomic mass is 19.4. The molecule has 72 valence electrons. The summed E-state index contributed by atoms with van der Waals surface area (Å²) in [4.78, 5) is 3.63. The molecule has 1 rings (SSSR count). The van der Waals surface area contributed by atoms with Crippen molar-refractivity contribution in [2.45, 2.75) is 12.9 Å². The summed E-state index contributed by atoms with van der Waals surface area (Å²) in [6, 6.07) is 2.55. The van der Waals surface area contributed by atoms with Crippen LogP contribution in [0.4, 0.5) is 13.2 Å². The van der Waals surface area contributed by atoms with Gasteiger partial charge in [-0.3, -0.25) is 4.98 Å². The van der Waals surface area contributed by atoms with Gasteiger partial charge in [0.1, 0.15) is 5.75 Å². The van der Waals surface area contributed by atoms with Crippen molar-refractivity contribution in [2.24, 2.45) is 5.73 Å². The molecule has 1 heterocycles. The fraction of sp³-hybridized carbons (Fsp3) is 0.286. The highest BCUT2D eigenvalue weighted by Crippen LogP contribution is 2.21. The third-order valence-corrected chi connectivity index (χ3v) is 1.24. The van der Waals surface area contributed by atoms with Crippen LogP contribution < -0.4 is 10.5 Å². The Kier molecular flexibility index (Phi) is 2.72. The van der Waals surface area contributed by atoms with Gasteiger partial charge in [-0.05, 0) is 12.1 Å². The molecule has 0 fully saturated rings. The van der Waals surface area contributed by atoms with Gasteiger partial charge in [0.05, 0.1) is 11.9 Å². The first-order valence-corrected chi connectivity index (χ1v) is 3.42. The smallest absolute Gasteiger partial charge is 0.404 e. The van der Waals surface area contributed by atoms with Crippen molar-refractivity contribution in [2.75, 3.05) is 0 Å². The molecule has 1 aromatic heterocycles. The summed E-state index contributed by atoms with van der Waals surface area (Å²) < 4.78 is 38.5. The highest BCUT2D eigenvalue weighted by molar-refractivity contribution is 5.19. The Morgan fingerprint density at radius 1 is 1.38 bits per heavy atom. The molecular weight excluding hydrogens is 185 g/mol. The maximum absolute atomic E-state index is 11.6. The van der Waals surface area contributed by atoms with Crippen molar-refractivity contribution in [3.8, 4) is 5.75 Å². The van der Waals surface area contributed by atoms with Crippen LogP contribution >= 0.6 is 0 Å². The van der Waals surface area contributed by atoms with Gasteiger partial charge in [-0.15, -0.1) is 13.2 Å². The molecule has 2 N–H and O–H groups in total. The standard InChI is InChI=1S/C7H7F3N2O/c8-7(9,10)13-6-2-1-5(3-11)12-4-6/h1-2,4H,3,11H2. The summed E-state index contributed by atoms with van der Waals surface area (Å²) in [6.07, 6.45) is -3.69. The molecular formula is C7H7F3N2O. The van der Waals surface area contributed by atoms with E-state index in [0.29, 0.717) is 5.69 Å². The first-order chi connectivity index (χ1) is 6.01. The minimum absolute atomic E-state index is 0.187. The number of nitrogens with zero attached hydrogens (tertiary/aromatic N) is 1. The van der Waals surface area contributed by atoms with Crippen molar-refractivity contribution >= 4 is 0 Å². The molecule has 0 aliphatic carbocycles. The lowest BCUT2D eigenvalue weighted by atomic mass is 10.3. The fourth-order valence-electron chi connectivity index (χ4n) is 0.726. The molecule has 1 aromatic rings. The third-order valence-electron chi connectivity index (χ3n) is 1.24. The van der Waals surface area contributed by atoms with E-state index in [4.69, 9.17) is 5.73 Å². The maximum atomic E-state index is 11.6. The molecule has 0 radical (unpaired) electrons. The summed E-state index contributed by atoms with van der Waals surface area (Å²) in [7, 11) is 0. The second-order valence-corrected chi connectivity index (χ2v) is 2.24. The molecule has 0 atom stereocenters. The first-order valence-electron chi connectivity index (χ1n) is 3.42. The van der Waals surface area contributed by atoms with Gasteiger partial charge in [0.25, 0.3) is 0 Å². The molecule has 0 unspecified atom stereocenters. The van der Waals surface area contributed by atoms with Crippen LogP contribution in [0.15, 0.2) is 18.3 Å². The number of rotatable bonds is 2. The molecule has 0 spiro atoms. The number of halogens is 3. The molecule has 0 aromatic carbocycles. The molecule has 0 amide bonds. The Morgan fingerprint density at radius 3 is 2.46 bits per heavy atom. The number of aromatic nitrogens is 1. The summed E-state index contributed by atoms with van der Waals surface area (Å²) in [6.45, 7) is 0.187. The molecule has 0 aliphatic heterocycles. The fourth-order valence-corrected chi connectivity index (χ4v) is 0.726. The van der Waals surface area contributed by atoms with Gasteiger partial charge in [-0.25, -0.2) is 0 Å². The summed E-state index contributed by atoms with van der Waals surface area (Å²) in [5, 5.41) is 0. The summed E-state index contributed by atoms with van der Waals surface area (Å²) in [5.74, 6) is -0.343. The first kappa shape index (κ1) is 9.79. The van der Waals surface area contributed by atoms with E-state index in [1.54, 1.807) is 0 Å². The van der Waals surface area contributed by atoms with Crippen LogP contribution in [0.25, 0.3) is 0 Å². The average molecular weight is 192 g/mol. The number of alkyl halides is 3. The van der Waals surface area contributed by atoms with Gasteiger partial charge in [0.15, 0.2) is 0 Å². The number of nitrogens with two attached hydrogens (primary N) is 1. The predicted molar refractivity (Wildman–Crippen MR) is 38.8 cm³/mol. The second kappa shape index (κ2) is 3.61. The van der Waals surface area contributed by atoms with E-state index < -0.39 is 6.36 Å². The largest absolute Gasteiger partial charge is 0.573 e. The minimum atomic E-state index is -4.67. The second-order valence-electron chi connectivity index (χ2n) is 2.24. The maximum Gasteiger partial charge on any atom is 0.573 e. The Bertz CT molecular complexity index is 270. The van der Waals surface area contributed by atoms with Crippen molar-refractivity contribution in [1.82, 2.24) is 4.98 Å². The minimum Gasteiger partial charge on any atom is -0.404 e. The Balaban J connectivity index is 2.70. The highest BCUT2D eigenvalue weighted by Gasteiger charge is 2.31. The van der Waals surface area contributed by atoms with Crippen molar-refractivity contribution in [1.29, 1.82) is 0 Å². The summed E-state index contributed by atoms with van der Waals surface area (Å²) in [5.41, 5.74) is 5.71. The van der Waals surface area contributed by atoms with Crippen molar-refractivity contribution in [3.05, 3.63) is 24.0 Å². The van der Waals surface area contributed by atoms with Crippen LogP contribution in [-0.2, 0) is 6.54 Å². The van der Waals surface area contributed by atoms with Gasteiger partial charge in [-0.1, -0.05) is 0 Å². The zero-order chi connectivity index (χ0) is 9.90. The van der Waals surface area contributed by atoms with E-state index in [0.717, 1.165) is 6.20 Å². The van der Waals surface area contributed by atoms with Crippen molar-refractivity contribution in [3.63, 3.8) is 0 Å². The molecule has 0 saturated carbocycles. The van der Waals surface area contributed by atoms with Crippen LogP contribution in [0.5, 0.6) is 5.75 Å². The van der Waals surface area contributed by atoms with Gasteiger partial charge >= 0.3 is 6.36 Å². The van der Waals surface area contributed by atoms with Gasteiger partial charge in [-0.2, -0.15) is 0 Å². The topological polar surface area (TPSA) is 48.1 Å². The number of hydrogen-bond donors (Lipinski definition) is 1. The molecule has 0 saturated heterocycles. The lowest BCUT2D eigenvalue weighted by Crippen LogP contribution is -2.17. The molecule has 0 aliphatic rings. The van der Waals surface area contributed by atoms with Gasteiger partial charge in [0.2, 0.25) is 0 Å². The Morgan fingerprint density at radius 2 is 2.08 bits per heavy atom. The van der Waals surface area contributed by atoms with Crippen LogP contribution in [0.2, 0.25) is 0 Å². The molecule has 6 heteroatoms. The van der Waals surface area contributed by atoms with Crippen LogP contribution in [-0.4, -0.2) is 11.3 Å². The normalized spacial score (nSPS) is 11.4. The SMILES string of the molecule is NCc1ccc(OC(F)(F)F)cn1. The van der Waals surface area contributed by atoms with E-state index in [-0.39, 0.29) is 12.3 Å². The predicted octanol–water partition coefficient (Wildman–Crippen LogP) is 1.44. The third kappa shape index (κ3) is 3.29. The number of ether oxygens (including phenoxy) is 1. The quantitative estimate of drug-likeness (QED) is 0.771. The van der Waals surface area contributed by atoms with Crippen LogP contribution in [0, 0.1) is 0 Å². The molecule has 3 nitrogen and oxygen atoms in total.